The number of anilines is 6. The molecular weight excluding hydrogens is 773 g/mol. The molecule has 2 heterocycles. The van der Waals surface area contributed by atoms with Crippen molar-refractivity contribution < 1.29 is 0 Å². The van der Waals surface area contributed by atoms with Crippen LogP contribution in [-0.2, 0) is 10.8 Å². The highest BCUT2D eigenvalue weighted by Gasteiger charge is 2.45. The van der Waals surface area contributed by atoms with Crippen molar-refractivity contribution in [1.29, 1.82) is 0 Å². The molecule has 12 rings (SSSR count). The number of para-hydroxylation sites is 2. The third-order valence-corrected chi connectivity index (χ3v) is 14.2. The molecule has 2 aliphatic heterocycles. The van der Waals surface area contributed by atoms with E-state index in [1.54, 1.807) is 0 Å². The van der Waals surface area contributed by atoms with Crippen molar-refractivity contribution in [3.05, 3.63) is 241 Å². The Bertz CT molecular complexity index is 3330. The van der Waals surface area contributed by atoms with Crippen molar-refractivity contribution in [2.45, 2.75) is 38.5 Å². The SMILES string of the molecule is CC1(C)c2ccccc2N2c3ccccc3C(C)(C)c3cc(-c4ccc(-c5ccc(N(c6ccc(-c7ccccc7)cc6)c6cc7ccccc7c7ccccc67)cc5)cc4)cc1c32. The first-order valence-corrected chi connectivity index (χ1v) is 22.5. The van der Waals surface area contributed by atoms with Gasteiger partial charge in [0.2, 0.25) is 0 Å². The minimum Gasteiger partial charge on any atom is -0.310 e. The average molecular weight is 821 g/mol. The molecular formula is C62H48N2. The molecule has 0 fully saturated rings. The van der Waals surface area contributed by atoms with Crippen molar-refractivity contribution in [2.24, 2.45) is 0 Å². The molecule has 2 heteroatoms. The Balaban J connectivity index is 0.931. The molecule has 0 N–H and O–H groups in total. The quantitative estimate of drug-likeness (QED) is 0.154. The lowest BCUT2D eigenvalue weighted by Crippen LogP contribution is -2.38. The van der Waals surface area contributed by atoms with E-state index in [0.29, 0.717) is 0 Å². The average Bonchev–Trinajstić information content (AvgIpc) is 3.35. The molecule has 64 heavy (non-hydrogen) atoms. The van der Waals surface area contributed by atoms with E-state index in [1.807, 2.05) is 0 Å². The van der Waals surface area contributed by atoms with Crippen LogP contribution >= 0.6 is 0 Å². The summed E-state index contributed by atoms with van der Waals surface area (Å²) >= 11 is 0. The summed E-state index contributed by atoms with van der Waals surface area (Å²) in [4.78, 5) is 4.95. The predicted octanol–water partition coefficient (Wildman–Crippen LogP) is 17.2. The summed E-state index contributed by atoms with van der Waals surface area (Å²) in [5, 5.41) is 4.96. The molecule has 10 aromatic carbocycles. The zero-order chi connectivity index (χ0) is 43.2. The molecule has 2 nitrogen and oxygen atoms in total. The van der Waals surface area contributed by atoms with Gasteiger partial charge in [0.05, 0.1) is 22.7 Å². The maximum atomic E-state index is 2.53. The second kappa shape index (κ2) is 14.4. The molecule has 0 spiro atoms. The van der Waals surface area contributed by atoms with Crippen LogP contribution in [0.1, 0.15) is 49.9 Å². The monoisotopic (exact) mass is 820 g/mol. The maximum Gasteiger partial charge on any atom is 0.0546 e. The van der Waals surface area contributed by atoms with Crippen LogP contribution in [0.25, 0.3) is 54.9 Å². The van der Waals surface area contributed by atoms with E-state index < -0.39 is 0 Å². The van der Waals surface area contributed by atoms with Crippen LogP contribution in [0.2, 0.25) is 0 Å². The number of hydrogen-bond acceptors (Lipinski definition) is 2. The largest absolute Gasteiger partial charge is 0.310 e. The maximum absolute atomic E-state index is 2.53. The zero-order valence-corrected chi connectivity index (χ0v) is 36.7. The van der Waals surface area contributed by atoms with Gasteiger partial charge in [-0.2, -0.15) is 0 Å². The van der Waals surface area contributed by atoms with Gasteiger partial charge in [-0.15, -0.1) is 0 Å². The van der Waals surface area contributed by atoms with Gasteiger partial charge in [0, 0.05) is 27.6 Å². The zero-order valence-electron chi connectivity index (χ0n) is 36.7. The highest BCUT2D eigenvalue weighted by atomic mass is 15.2. The fourth-order valence-corrected chi connectivity index (χ4v) is 10.8. The van der Waals surface area contributed by atoms with E-state index in [2.05, 4.69) is 256 Å². The smallest absolute Gasteiger partial charge is 0.0546 e. The standard InChI is InChI=1S/C62H48N2/c1-61(2)53-22-12-14-24-57(53)64-58-25-15-13-23-54(58)62(3,4)56-39-47(38-55(61)60(56)64)45-28-26-42(27-29-45)44-32-36-49(37-33-44)63(48-34-30-43(31-35-48)41-16-6-5-7-17-41)59-40-46-18-8-9-19-50(46)51-20-10-11-21-52(51)59/h5-40H,1-4H3. The lowest BCUT2D eigenvalue weighted by Gasteiger charge is -2.49. The van der Waals surface area contributed by atoms with Gasteiger partial charge in [-0.25, -0.2) is 0 Å². The number of fused-ring (bicyclic) bond motifs is 7. The Morgan fingerprint density at radius 3 is 1.28 bits per heavy atom. The molecule has 0 atom stereocenters. The first-order valence-electron chi connectivity index (χ1n) is 22.5. The Morgan fingerprint density at radius 2 is 0.734 bits per heavy atom. The molecule has 0 aliphatic carbocycles. The van der Waals surface area contributed by atoms with E-state index in [9.17, 15) is 0 Å². The third-order valence-electron chi connectivity index (χ3n) is 14.2. The number of nitrogens with zero attached hydrogens (tertiary/aromatic N) is 2. The molecule has 2 aliphatic rings. The molecule has 0 aromatic heterocycles. The number of hydrogen-bond donors (Lipinski definition) is 0. The van der Waals surface area contributed by atoms with Gasteiger partial charge < -0.3 is 9.80 Å². The van der Waals surface area contributed by atoms with Gasteiger partial charge in [0.1, 0.15) is 0 Å². The Kier molecular flexibility index (Phi) is 8.58. The van der Waals surface area contributed by atoms with Crippen LogP contribution in [0.4, 0.5) is 34.1 Å². The minimum atomic E-state index is -0.172. The summed E-state index contributed by atoms with van der Waals surface area (Å²) < 4.78 is 0. The van der Waals surface area contributed by atoms with E-state index in [-0.39, 0.29) is 10.8 Å². The second-order valence-corrected chi connectivity index (χ2v) is 18.6. The van der Waals surface area contributed by atoms with E-state index in [4.69, 9.17) is 0 Å². The Morgan fingerprint density at radius 1 is 0.328 bits per heavy atom. The summed E-state index contributed by atoms with van der Waals surface area (Å²) in [7, 11) is 0. The van der Waals surface area contributed by atoms with Crippen molar-refractivity contribution in [3.8, 4) is 33.4 Å². The molecule has 0 bridgehead atoms. The van der Waals surface area contributed by atoms with Crippen molar-refractivity contribution in [3.63, 3.8) is 0 Å². The topological polar surface area (TPSA) is 6.48 Å². The molecule has 0 amide bonds. The molecule has 0 radical (unpaired) electrons. The Labute approximate surface area is 376 Å². The summed E-state index contributed by atoms with van der Waals surface area (Å²) in [6.45, 7) is 9.58. The van der Waals surface area contributed by atoms with Gasteiger partial charge in [0.25, 0.3) is 0 Å². The lowest BCUT2D eigenvalue weighted by molar-refractivity contribution is 0.598. The summed E-state index contributed by atoms with van der Waals surface area (Å²) in [6.07, 6.45) is 0. The van der Waals surface area contributed by atoms with Crippen molar-refractivity contribution >= 4 is 55.7 Å². The number of rotatable bonds is 6. The van der Waals surface area contributed by atoms with Crippen LogP contribution in [0.5, 0.6) is 0 Å². The predicted molar refractivity (Wildman–Crippen MR) is 271 cm³/mol. The van der Waals surface area contributed by atoms with Crippen LogP contribution in [0, 0.1) is 0 Å². The first kappa shape index (κ1) is 38.0. The summed E-state index contributed by atoms with van der Waals surface area (Å²) in [5.41, 5.74) is 19.7. The van der Waals surface area contributed by atoms with Gasteiger partial charge in [-0.3, -0.25) is 0 Å². The normalized spacial score (nSPS) is 14.2. The minimum absolute atomic E-state index is 0.172. The van der Waals surface area contributed by atoms with E-state index >= 15 is 0 Å². The van der Waals surface area contributed by atoms with Crippen LogP contribution < -0.4 is 9.80 Å². The fourth-order valence-electron chi connectivity index (χ4n) is 10.8. The van der Waals surface area contributed by atoms with Gasteiger partial charge in [-0.1, -0.05) is 191 Å². The van der Waals surface area contributed by atoms with Crippen molar-refractivity contribution in [1.82, 2.24) is 0 Å². The Hall–Kier alpha value is -7.68. The van der Waals surface area contributed by atoms with Crippen molar-refractivity contribution in [2.75, 3.05) is 9.80 Å². The lowest BCUT2D eigenvalue weighted by atomic mass is 9.65. The fraction of sp³-hybridized carbons (Fsp3) is 0.0968. The highest BCUT2D eigenvalue weighted by Crippen LogP contribution is 2.60. The first-order chi connectivity index (χ1) is 31.3. The summed E-state index contributed by atoms with van der Waals surface area (Å²) in [5.74, 6) is 0. The molecule has 0 unspecified atom stereocenters. The van der Waals surface area contributed by atoms with Gasteiger partial charge in [-0.05, 0) is 126 Å². The van der Waals surface area contributed by atoms with Crippen LogP contribution in [0.3, 0.4) is 0 Å². The molecule has 10 aromatic rings. The van der Waals surface area contributed by atoms with E-state index in [1.165, 1.54) is 94.2 Å². The summed E-state index contributed by atoms with van der Waals surface area (Å²) in [6, 6.07) is 80.7. The molecule has 0 saturated heterocycles. The second-order valence-electron chi connectivity index (χ2n) is 18.6. The van der Waals surface area contributed by atoms with Crippen LogP contribution in [-0.4, -0.2) is 0 Å². The molecule has 306 valence electrons. The van der Waals surface area contributed by atoms with Crippen LogP contribution in [0.15, 0.2) is 218 Å². The van der Waals surface area contributed by atoms with Gasteiger partial charge >= 0.3 is 0 Å². The molecule has 0 saturated carbocycles. The third kappa shape index (κ3) is 5.86. The van der Waals surface area contributed by atoms with Gasteiger partial charge in [0.15, 0.2) is 0 Å². The number of benzene rings is 10. The van der Waals surface area contributed by atoms with E-state index in [0.717, 1.165) is 17.1 Å². The highest BCUT2D eigenvalue weighted by molar-refractivity contribution is 6.14.